The molecule has 0 saturated carbocycles. The van der Waals surface area contributed by atoms with Crippen molar-refractivity contribution in [3.63, 3.8) is 0 Å². The highest BCUT2D eigenvalue weighted by Gasteiger charge is 2.27. The van der Waals surface area contributed by atoms with E-state index in [0.717, 1.165) is 15.8 Å². The Kier molecular flexibility index (Phi) is 4.65. The van der Waals surface area contributed by atoms with E-state index >= 15 is 0 Å². The Hall–Kier alpha value is -2.75. The normalized spacial score (nSPS) is 16.3. The topological polar surface area (TPSA) is 52.8 Å². The fraction of sp³-hybridized carbons (Fsp3) is 0.200. The van der Waals surface area contributed by atoms with Crippen LogP contribution in [0.3, 0.4) is 0 Å². The van der Waals surface area contributed by atoms with Gasteiger partial charge in [0.1, 0.15) is 6.61 Å². The van der Waals surface area contributed by atoms with Gasteiger partial charge < -0.3 is 14.0 Å². The van der Waals surface area contributed by atoms with E-state index in [1.165, 1.54) is 11.3 Å². The van der Waals surface area contributed by atoms with E-state index < -0.39 is 12.0 Å². The van der Waals surface area contributed by atoms with Crippen LogP contribution in [0.25, 0.3) is 10.2 Å². The number of nitrogens with zero attached hydrogens (tertiary/aromatic N) is 2. The second-order valence-corrected chi connectivity index (χ2v) is 7.42. The monoisotopic (exact) mass is 398 g/mol. The molecule has 27 heavy (non-hydrogen) atoms. The zero-order chi connectivity index (χ0) is 19.0. The number of carbonyl (C=O) groups is 1. The summed E-state index contributed by atoms with van der Waals surface area (Å²) in [4.78, 5) is 17.5. The van der Waals surface area contributed by atoms with Gasteiger partial charge in [0.25, 0.3) is 5.91 Å². The van der Waals surface area contributed by atoms with Gasteiger partial charge in [-0.05, 0) is 36.8 Å². The lowest BCUT2D eigenvalue weighted by Crippen LogP contribution is -2.36. The van der Waals surface area contributed by atoms with Crippen molar-refractivity contribution >= 4 is 39.1 Å². The Morgan fingerprint density at radius 1 is 1.37 bits per heavy atom. The van der Waals surface area contributed by atoms with E-state index in [2.05, 4.69) is 10.9 Å². The number of rotatable bonds is 2. The average Bonchev–Trinajstić information content (AvgIpc) is 3.02. The molecule has 0 unspecified atom stereocenters. The van der Waals surface area contributed by atoms with Crippen LogP contribution in [0.5, 0.6) is 11.5 Å². The molecule has 0 spiro atoms. The third kappa shape index (κ3) is 3.20. The molecular formula is C20H15ClN2O3S. The summed E-state index contributed by atoms with van der Waals surface area (Å²) in [6, 6.07) is 11.0. The van der Waals surface area contributed by atoms with Gasteiger partial charge in [-0.1, -0.05) is 41.0 Å². The van der Waals surface area contributed by atoms with Gasteiger partial charge >= 0.3 is 0 Å². The molecule has 1 amide bonds. The van der Waals surface area contributed by atoms with Crippen LogP contribution in [0.2, 0.25) is 5.02 Å². The first-order valence-corrected chi connectivity index (χ1v) is 9.47. The molecule has 5 nitrogen and oxygen atoms in total. The highest BCUT2D eigenvalue weighted by atomic mass is 35.5. The number of hydrogen-bond acceptors (Lipinski definition) is 4. The zero-order valence-electron chi connectivity index (χ0n) is 14.4. The number of aromatic nitrogens is 1. The van der Waals surface area contributed by atoms with Crippen molar-refractivity contribution in [3.8, 4) is 23.8 Å². The van der Waals surface area contributed by atoms with Gasteiger partial charge in [-0.3, -0.25) is 4.79 Å². The van der Waals surface area contributed by atoms with E-state index in [1.807, 2.05) is 35.8 Å². The van der Waals surface area contributed by atoms with Gasteiger partial charge in [-0.25, -0.2) is 0 Å². The number of amides is 1. The second kappa shape index (κ2) is 7.10. The van der Waals surface area contributed by atoms with Crippen LogP contribution in [-0.4, -0.2) is 23.2 Å². The molecule has 1 atom stereocenters. The molecule has 0 saturated heterocycles. The maximum absolute atomic E-state index is 12.7. The minimum atomic E-state index is -0.797. The molecule has 7 heteroatoms. The molecular weight excluding hydrogens is 384 g/mol. The van der Waals surface area contributed by atoms with Crippen LogP contribution in [0.4, 0.5) is 0 Å². The summed E-state index contributed by atoms with van der Waals surface area (Å²) >= 11 is 7.64. The molecule has 1 aromatic heterocycles. The number of thiazole rings is 1. The number of hydrogen-bond donors (Lipinski definition) is 0. The van der Waals surface area contributed by atoms with Crippen molar-refractivity contribution < 1.29 is 14.3 Å². The van der Waals surface area contributed by atoms with Crippen LogP contribution in [0.15, 0.2) is 41.4 Å². The number of halogens is 1. The van der Waals surface area contributed by atoms with E-state index in [4.69, 9.17) is 27.5 Å². The maximum Gasteiger partial charge on any atom is 0.292 e. The lowest BCUT2D eigenvalue weighted by molar-refractivity contribution is -0.127. The number of carbonyl (C=O) groups excluding carboxylic acids is 1. The predicted molar refractivity (Wildman–Crippen MR) is 105 cm³/mol. The summed E-state index contributed by atoms with van der Waals surface area (Å²) in [6.07, 6.45) is 4.73. The molecule has 0 aliphatic carbocycles. The Morgan fingerprint density at radius 2 is 2.15 bits per heavy atom. The largest absolute Gasteiger partial charge is 0.485 e. The zero-order valence-corrected chi connectivity index (χ0v) is 16.0. The van der Waals surface area contributed by atoms with Crippen LogP contribution >= 0.6 is 22.9 Å². The highest BCUT2D eigenvalue weighted by molar-refractivity contribution is 7.16. The maximum atomic E-state index is 12.7. The number of para-hydroxylation sites is 2. The number of terminal acetylenes is 1. The summed E-state index contributed by atoms with van der Waals surface area (Å²) in [5.41, 5.74) is 1.80. The number of fused-ring (bicyclic) bond motifs is 2. The van der Waals surface area contributed by atoms with E-state index in [9.17, 15) is 4.79 Å². The molecule has 1 aliphatic heterocycles. The lowest BCUT2D eigenvalue weighted by Gasteiger charge is -2.23. The van der Waals surface area contributed by atoms with Crippen molar-refractivity contribution in [3.05, 3.63) is 51.8 Å². The molecule has 136 valence electrons. The lowest BCUT2D eigenvalue weighted by atomic mass is 10.2. The third-order valence-electron chi connectivity index (χ3n) is 4.27. The molecule has 2 aromatic carbocycles. The fourth-order valence-corrected chi connectivity index (χ4v) is 4.19. The molecule has 0 N–H and O–H groups in total. The molecule has 4 rings (SSSR count). The summed E-state index contributed by atoms with van der Waals surface area (Å²) in [5, 5.41) is 0.643. The Balaban J connectivity index is 1.75. The van der Waals surface area contributed by atoms with Crippen LogP contribution in [0.1, 0.15) is 5.56 Å². The number of ether oxygens (including phenoxy) is 2. The molecule has 0 radical (unpaired) electrons. The quantitative estimate of drug-likeness (QED) is 0.620. The SMILES string of the molecule is C#CCn1c(=NC(=O)[C@@H]2COc3ccccc3O2)sc2ccc(Cl)c(C)c21. The minimum absolute atomic E-state index is 0.115. The van der Waals surface area contributed by atoms with Gasteiger partial charge in [-0.2, -0.15) is 4.99 Å². The van der Waals surface area contributed by atoms with E-state index in [-0.39, 0.29) is 13.2 Å². The van der Waals surface area contributed by atoms with Crippen LogP contribution < -0.4 is 14.3 Å². The first-order chi connectivity index (χ1) is 13.1. The highest BCUT2D eigenvalue weighted by Crippen LogP contribution is 2.31. The number of aryl methyl sites for hydroxylation is 1. The number of benzene rings is 2. The van der Waals surface area contributed by atoms with Gasteiger partial charge in [-0.15, -0.1) is 6.42 Å². The minimum Gasteiger partial charge on any atom is -0.485 e. The predicted octanol–water partition coefficient (Wildman–Crippen LogP) is 3.57. The van der Waals surface area contributed by atoms with Gasteiger partial charge in [0, 0.05) is 5.02 Å². The summed E-state index contributed by atoms with van der Waals surface area (Å²) in [5.74, 6) is 3.36. The van der Waals surface area contributed by atoms with E-state index in [1.54, 1.807) is 12.1 Å². The van der Waals surface area contributed by atoms with Gasteiger partial charge in [0.2, 0.25) is 6.10 Å². The van der Waals surface area contributed by atoms with Crippen molar-refractivity contribution in [2.45, 2.75) is 19.6 Å². The Labute approximate surface area is 164 Å². The van der Waals surface area contributed by atoms with Crippen molar-refractivity contribution in [2.75, 3.05) is 6.61 Å². The average molecular weight is 399 g/mol. The summed E-state index contributed by atoms with van der Waals surface area (Å²) in [7, 11) is 0. The van der Waals surface area contributed by atoms with Crippen LogP contribution in [0, 0.1) is 19.3 Å². The van der Waals surface area contributed by atoms with Gasteiger partial charge in [0.15, 0.2) is 16.3 Å². The van der Waals surface area contributed by atoms with Crippen molar-refractivity contribution in [1.29, 1.82) is 0 Å². The van der Waals surface area contributed by atoms with Crippen molar-refractivity contribution in [2.24, 2.45) is 4.99 Å². The second-order valence-electron chi connectivity index (χ2n) is 6.01. The molecule has 0 bridgehead atoms. The molecule has 1 aliphatic rings. The fourth-order valence-electron chi connectivity index (χ4n) is 2.95. The summed E-state index contributed by atoms with van der Waals surface area (Å²) < 4.78 is 14.1. The first kappa shape index (κ1) is 17.7. The van der Waals surface area contributed by atoms with Crippen molar-refractivity contribution in [1.82, 2.24) is 4.57 Å². The Bertz CT molecular complexity index is 1160. The third-order valence-corrected chi connectivity index (χ3v) is 5.72. The molecule has 3 aromatic rings. The Morgan fingerprint density at radius 3 is 2.93 bits per heavy atom. The molecule has 0 fully saturated rings. The first-order valence-electron chi connectivity index (χ1n) is 8.27. The molecule has 2 heterocycles. The smallest absolute Gasteiger partial charge is 0.292 e. The van der Waals surface area contributed by atoms with Crippen LogP contribution in [-0.2, 0) is 11.3 Å². The summed E-state index contributed by atoms with van der Waals surface area (Å²) in [6.45, 7) is 2.33. The van der Waals surface area contributed by atoms with E-state index in [0.29, 0.717) is 21.3 Å². The standard InChI is InChI=1S/C20H15ClN2O3S/c1-3-10-23-18-12(2)13(21)8-9-17(18)27-20(23)22-19(24)16-11-25-14-6-4-5-7-15(14)26-16/h1,4-9,16H,10-11H2,2H3/t16-/m0/s1. The van der Waals surface area contributed by atoms with Gasteiger partial charge in [0.05, 0.1) is 16.8 Å².